The lowest BCUT2D eigenvalue weighted by atomic mass is 10.0. The van der Waals surface area contributed by atoms with Crippen molar-refractivity contribution in [1.29, 1.82) is 0 Å². The van der Waals surface area contributed by atoms with Crippen LogP contribution >= 0.6 is 0 Å². The number of nitrogens with zero attached hydrogens (tertiary/aromatic N) is 2. The number of rotatable bonds is 3. The summed E-state index contributed by atoms with van der Waals surface area (Å²) in [6, 6.07) is -0.0802. The minimum absolute atomic E-state index is 0.0802. The number of aliphatic hydroxyl groups is 1. The van der Waals surface area contributed by atoms with Crippen molar-refractivity contribution in [3.8, 4) is 0 Å². The first-order chi connectivity index (χ1) is 8.43. The number of β-amino-alcohol motifs (C(OH)–C–C–N with tert-alkyl or cyclic N) is 1. The monoisotopic (exact) mass is 276 g/mol. The molecule has 1 aliphatic heterocycles. The van der Waals surface area contributed by atoms with E-state index in [0.717, 1.165) is 32.1 Å². The second kappa shape index (κ2) is 5.45. The maximum Gasteiger partial charge on any atom is 0.217 e. The lowest BCUT2D eigenvalue weighted by molar-refractivity contribution is 0.113. The number of hydrogen-bond acceptors (Lipinski definition) is 4. The molecule has 0 aromatic heterocycles. The van der Waals surface area contributed by atoms with Crippen molar-refractivity contribution in [3.63, 3.8) is 0 Å². The zero-order chi connectivity index (χ0) is 13.3. The van der Waals surface area contributed by atoms with Crippen molar-refractivity contribution < 1.29 is 13.5 Å². The molecule has 6 heteroatoms. The van der Waals surface area contributed by atoms with Crippen molar-refractivity contribution in [3.05, 3.63) is 0 Å². The highest BCUT2D eigenvalue weighted by Crippen LogP contribution is 2.28. The molecule has 5 nitrogen and oxygen atoms in total. The quantitative estimate of drug-likeness (QED) is 0.803. The molecule has 0 bridgehead atoms. The van der Waals surface area contributed by atoms with E-state index in [9.17, 15) is 13.5 Å². The summed E-state index contributed by atoms with van der Waals surface area (Å²) in [5.41, 5.74) is 0. The van der Waals surface area contributed by atoms with Gasteiger partial charge in [0.05, 0.1) is 17.4 Å². The minimum atomic E-state index is -3.21. The third-order valence-corrected chi connectivity index (χ3v) is 6.55. The van der Waals surface area contributed by atoms with E-state index in [2.05, 4.69) is 0 Å². The van der Waals surface area contributed by atoms with Gasteiger partial charge in [0.1, 0.15) is 0 Å². The molecule has 2 atom stereocenters. The summed E-state index contributed by atoms with van der Waals surface area (Å²) in [6.07, 6.45) is 4.16. The van der Waals surface area contributed by atoms with E-state index in [1.54, 1.807) is 0 Å². The second-order valence-electron chi connectivity index (χ2n) is 5.72. The standard InChI is InChI=1S/C12H24N2O3S/c1-13(2)11-8-14(9-12(11)15)18(16,17)10-6-4-3-5-7-10/h10-12,15H,3-9H2,1-2H3/t11-,12-/m1/s1. The highest BCUT2D eigenvalue weighted by molar-refractivity contribution is 7.89. The molecule has 0 unspecified atom stereocenters. The molecule has 1 N–H and O–H groups in total. The molecule has 18 heavy (non-hydrogen) atoms. The van der Waals surface area contributed by atoms with E-state index in [1.807, 2.05) is 19.0 Å². The molecule has 0 spiro atoms. The Balaban J connectivity index is 2.07. The molecule has 2 rings (SSSR count). The van der Waals surface area contributed by atoms with E-state index < -0.39 is 16.1 Å². The molecule has 2 fully saturated rings. The predicted octanol–water partition coefficient (Wildman–Crippen LogP) is 0.256. The lowest BCUT2D eigenvalue weighted by Crippen LogP contribution is -2.40. The summed E-state index contributed by atoms with van der Waals surface area (Å²) in [5, 5.41) is 9.72. The Bertz CT molecular complexity index is 377. The van der Waals surface area contributed by atoms with E-state index >= 15 is 0 Å². The molecule has 1 heterocycles. The molecule has 0 radical (unpaired) electrons. The first-order valence-electron chi connectivity index (χ1n) is 6.76. The highest BCUT2D eigenvalue weighted by Gasteiger charge is 2.42. The fourth-order valence-corrected chi connectivity index (χ4v) is 5.10. The Morgan fingerprint density at radius 1 is 1.11 bits per heavy atom. The van der Waals surface area contributed by atoms with Crippen LogP contribution in [0.3, 0.4) is 0 Å². The summed E-state index contributed by atoms with van der Waals surface area (Å²) < 4.78 is 26.5. The van der Waals surface area contributed by atoms with Gasteiger partial charge in [-0.15, -0.1) is 0 Å². The van der Waals surface area contributed by atoms with Gasteiger partial charge in [0.25, 0.3) is 0 Å². The molecule has 0 amide bonds. The summed E-state index contributed by atoms with van der Waals surface area (Å²) in [7, 11) is 0.545. The molecule has 0 aromatic carbocycles. The van der Waals surface area contributed by atoms with Crippen LogP contribution in [0.1, 0.15) is 32.1 Å². The Morgan fingerprint density at radius 3 is 2.22 bits per heavy atom. The number of sulfonamides is 1. The van der Waals surface area contributed by atoms with Gasteiger partial charge in [0.15, 0.2) is 0 Å². The average Bonchev–Trinajstić information content (AvgIpc) is 2.73. The molecule has 2 aliphatic rings. The SMILES string of the molecule is CN(C)[C@@H]1CN(S(=O)(=O)C2CCCCC2)C[C@H]1O. The van der Waals surface area contributed by atoms with Crippen LogP contribution in [0.2, 0.25) is 0 Å². The van der Waals surface area contributed by atoms with Crippen LogP contribution in [0.15, 0.2) is 0 Å². The van der Waals surface area contributed by atoms with Crippen LogP contribution in [-0.2, 0) is 10.0 Å². The van der Waals surface area contributed by atoms with E-state index in [-0.39, 0.29) is 17.8 Å². The van der Waals surface area contributed by atoms with Crippen molar-refractivity contribution in [1.82, 2.24) is 9.21 Å². The maximum atomic E-state index is 12.5. The normalized spacial score (nSPS) is 32.2. The molecular weight excluding hydrogens is 252 g/mol. The third kappa shape index (κ3) is 2.71. The average molecular weight is 276 g/mol. The van der Waals surface area contributed by atoms with Crippen molar-refractivity contribution in [2.75, 3.05) is 27.2 Å². The van der Waals surface area contributed by atoms with Crippen molar-refractivity contribution in [2.24, 2.45) is 0 Å². The van der Waals surface area contributed by atoms with Crippen LogP contribution in [0.5, 0.6) is 0 Å². The predicted molar refractivity (Wildman–Crippen MR) is 70.8 cm³/mol. The molecular formula is C12H24N2O3S. The van der Waals surface area contributed by atoms with Crippen LogP contribution in [0, 0.1) is 0 Å². The van der Waals surface area contributed by atoms with Gasteiger partial charge < -0.3 is 10.0 Å². The Kier molecular flexibility index (Phi) is 4.31. The molecule has 1 saturated carbocycles. The highest BCUT2D eigenvalue weighted by atomic mass is 32.2. The van der Waals surface area contributed by atoms with Gasteiger partial charge in [-0.3, -0.25) is 0 Å². The van der Waals surface area contributed by atoms with Crippen LogP contribution in [-0.4, -0.2) is 67.3 Å². The fourth-order valence-electron chi connectivity index (χ4n) is 3.02. The summed E-state index contributed by atoms with van der Waals surface area (Å²) in [6.45, 7) is 0.675. The zero-order valence-electron chi connectivity index (χ0n) is 11.2. The second-order valence-corrected chi connectivity index (χ2v) is 7.93. The smallest absolute Gasteiger partial charge is 0.217 e. The van der Waals surface area contributed by atoms with E-state index in [1.165, 1.54) is 4.31 Å². The molecule has 1 aliphatic carbocycles. The topological polar surface area (TPSA) is 60.9 Å². The van der Waals surface area contributed by atoms with E-state index in [0.29, 0.717) is 6.54 Å². The minimum Gasteiger partial charge on any atom is -0.390 e. The van der Waals surface area contributed by atoms with Crippen LogP contribution in [0.4, 0.5) is 0 Å². The van der Waals surface area contributed by atoms with Crippen LogP contribution in [0.25, 0.3) is 0 Å². The first-order valence-corrected chi connectivity index (χ1v) is 8.26. The van der Waals surface area contributed by atoms with Gasteiger partial charge in [-0.25, -0.2) is 8.42 Å². The third-order valence-electron chi connectivity index (χ3n) is 4.22. The lowest BCUT2D eigenvalue weighted by Gasteiger charge is -2.27. The van der Waals surface area contributed by atoms with Gasteiger partial charge in [0.2, 0.25) is 10.0 Å². The molecule has 106 valence electrons. The largest absolute Gasteiger partial charge is 0.390 e. The summed E-state index contributed by atoms with van der Waals surface area (Å²) in [4.78, 5) is 1.90. The van der Waals surface area contributed by atoms with Gasteiger partial charge in [0, 0.05) is 13.1 Å². The Hall–Kier alpha value is -0.170. The van der Waals surface area contributed by atoms with Gasteiger partial charge in [-0.05, 0) is 26.9 Å². The fraction of sp³-hybridized carbons (Fsp3) is 1.00. The first kappa shape index (κ1) is 14.2. The zero-order valence-corrected chi connectivity index (χ0v) is 12.1. The summed E-state index contributed by atoms with van der Waals surface area (Å²) >= 11 is 0. The molecule has 1 saturated heterocycles. The van der Waals surface area contributed by atoms with Crippen molar-refractivity contribution in [2.45, 2.75) is 49.5 Å². The van der Waals surface area contributed by atoms with Gasteiger partial charge >= 0.3 is 0 Å². The van der Waals surface area contributed by atoms with Crippen LogP contribution < -0.4 is 0 Å². The number of hydrogen-bond donors (Lipinski definition) is 1. The van der Waals surface area contributed by atoms with Crippen molar-refractivity contribution >= 4 is 10.0 Å². The summed E-state index contributed by atoms with van der Waals surface area (Å²) in [5.74, 6) is 0. The Morgan fingerprint density at radius 2 is 1.72 bits per heavy atom. The Labute approximate surface area is 110 Å². The van der Waals surface area contributed by atoms with E-state index in [4.69, 9.17) is 0 Å². The van der Waals surface area contributed by atoms with Gasteiger partial charge in [-0.1, -0.05) is 19.3 Å². The number of likely N-dealkylation sites (N-methyl/N-ethyl adjacent to an activating group) is 1. The van der Waals surface area contributed by atoms with Gasteiger partial charge in [-0.2, -0.15) is 4.31 Å². The molecule has 0 aromatic rings. The number of aliphatic hydroxyl groups excluding tert-OH is 1. The maximum absolute atomic E-state index is 12.5.